The van der Waals surface area contributed by atoms with Gasteiger partial charge in [0.25, 0.3) is 5.91 Å². The Bertz CT molecular complexity index is 759. The van der Waals surface area contributed by atoms with E-state index < -0.39 is 0 Å². The first-order valence-electron chi connectivity index (χ1n) is 6.64. The van der Waals surface area contributed by atoms with Crippen LogP contribution < -0.4 is 14.9 Å². The summed E-state index contributed by atoms with van der Waals surface area (Å²) in [4.78, 5) is 12.1. The molecule has 0 spiro atoms. The molecule has 6 heteroatoms. The van der Waals surface area contributed by atoms with Gasteiger partial charge >= 0.3 is 0 Å². The van der Waals surface area contributed by atoms with E-state index in [4.69, 9.17) is 9.47 Å². The fourth-order valence-electron chi connectivity index (χ4n) is 2.05. The highest BCUT2D eigenvalue weighted by Gasteiger charge is 2.16. The van der Waals surface area contributed by atoms with Crippen molar-refractivity contribution >= 4 is 27.5 Å². The molecule has 0 saturated heterocycles. The maximum absolute atomic E-state index is 12.1. The van der Waals surface area contributed by atoms with Crippen LogP contribution in [0.2, 0.25) is 0 Å². The maximum atomic E-state index is 12.1. The third-order valence-corrected chi connectivity index (χ3v) is 3.92. The molecule has 22 heavy (non-hydrogen) atoms. The third kappa shape index (κ3) is 2.96. The van der Waals surface area contributed by atoms with Crippen LogP contribution >= 0.6 is 15.9 Å². The summed E-state index contributed by atoms with van der Waals surface area (Å²) in [7, 11) is 0. The highest BCUT2D eigenvalue weighted by atomic mass is 79.9. The van der Waals surface area contributed by atoms with E-state index in [1.165, 1.54) is 0 Å². The van der Waals surface area contributed by atoms with Crippen molar-refractivity contribution in [2.45, 2.75) is 6.92 Å². The number of benzene rings is 2. The molecule has 5 nitrogen and oxygen atoms in total. The fraction of sp³-hybridized carbons (Fsp3) is 0.125. The monoisotopic (exact) mass is 360 g/mol. The van der Waals surface area contributed by atoms with Gasteiger partial charge in [0.05, 0.1) is 5.71 Å². The molecule has 0 saturated carbocycles. The van der Waals surface area contributed by atoms with Gasteiger partial charge in [-0.3, -0.25) is 4.79 Å². The van der Waals surface area contributed by atoms with E-state index in [9.17, 15) is 4.79 Å². The van der Waals surface area contributed by atoms with Gasteiger partial charge in [-0.25, -0.2) is 5.43 Å². The number of hydrogen-bond acceptors (Lipinski definition) is 4. The quantitative estimate of drug-likeness (QED) is 0.674. The lowest BCUT2D eigenvalue weighted by atomic mass is 10.1. The Morgan fingerprint density at radius 2 is 1.95 bits per heavy atom. The highest BCUT2D eigenvalue weighted by Crippen LogP contribution is 2.32. The SMILES string of the molecule is C/C(=N/NC(=O)c1ccc2c(c1)OCO2)c1ccccc1Br. The van der Waals surface area contributed by atoms with Crippen molar-refractivity contribution in [2.75, 3.05) is 6.79 Å². The predicted molar refractivity (Wildman–Crippen MR) is 86.4 cm³/mol. The molecule has 1 aliphatic rings. The van der Waals surface area contributed by atoms with Crippen LogP contribution in [0.3, 0.4) is 0 Å². The Balaban J connectivity index is 1.74. The van der Waals surface area contributed by atoms with Gasteiger partial charge in [0, 0.05) is 15.6 Å². The Hall–Kier alpha value is -2.34. The number of rotatable bonds is 3. The average molecular weight is 361 g/mol. The van der Waals surface area contributed by atoms with Gasteiger partial charge in [0.1, 0.15) is 0 Å². The molecule has 0 unspecified atom stereocenters. The Kier molecular flexibility index (Phi) is 4.11. The zero-order chi connectivity index (χ0) is 15.5. The van der Waals surface area contributed by atoms with Crippen molar-refractivity contribution in [3.63, 3.8) is 0 Å². The largest absolute Gasteiger partial charge is 0.454 e. The summed E-state index contributed by atoms with van der Waals surface area (Å²) in [5.74, 6) is 0.910. The van der Waals surface area contributed by atoms with Crippen LogP contribution in [0.1, 0.15) is 22.8 Å². The molecule has 0 radical (unpaired) electrons. The summed E-state index contributed by atoms with van der Waals surface area (Å²) in [5, 5.41) is 4.14. The van der Waals surface area contributed by atoms with Gasteiger partial charge < -0.3 is 9.47 Å². The number of halogens is 1. The lowest BCUT2D eigenvalue weighted by Gasteiger charge is -2.05. The van der Waals surface area contributed by atoms with Crippen molar-refractivity contribution in [3.05, 3.63) is 58.1 Å². The van der Waals surface area contributed by atoms with Crippen LogP contribution in [0.4, 0.5) is 0 Å². The molecule has 0 atom stereocenters. The number of nitrogens with one attached hydrogen (secondary N) is 1. The van der Waals surface area contributed by atoms with E-state index in [0.29, 0.717) is 22.8 Å². The smallest absolute Gasteiger partial charge is 0.271 e. The third-order valence-electron chi connectivity index (χ3n) is 3.22. The first-order chi connectivity index (χ1) is 10.6. The summed E-state index contributed by atoms with van der Waals surface area (Å²) >= 11 is 3.46. The predicted octanol–water partition coefficient (Wildman–Crippen LogP) is 3.33. The molecule has 2 aromatic carbocycles. The van der Waals surface area contributed by atoms with E-state index in [1.54, 1.807) is 18.2 Å². The summed E-state index contributed by atoms with van der Waals surface area (Å²) in [5.41, 5.74) is 4.65. The molecule has 2 aromatic rings. The number of fused-ring (bicyclic) bond motifs is 1. The second-order valence-electron chi connectivity index (χ2n) is 4.69. The molecule has 112 valence electrons. The number of nitrogens with zero attached hydrogens (tertiary/aromatic N) is 1. The van der Waals surface area contributed by atoms with E-state index in [-0.39, 0.29) is 12.7 Å². The van der Waals surface area contributed by atoms with Crippen LogP contribution in [0.5, 0.6) is 11.5 Å². The normalized spacial score (nSPS) is 13.1. The number of ether oxygens (including phenoxy) is 2. The Morgan fingerprint density at radius 1 is 1.18 bits per heavy atom. The first kappa shape index (κ1) is 14.6. The van der Waals surface area contributed by atoms with E-state index in [2.05, 4.69) is 26.5 Å². The Labute approximate surface area is 136 Å². The minimum absolute atomic E-state index is 0.180. The van der Waals surface area contributed by atoms with Gasteiger partial charge in [-0.1, -0.05) is 34.1 Å². The summed E-state index contributed by atoms with van der Waals surface area (Å²) in [6.07, 6.45) is 0. The van der Waals surface area contributed by atoms with Crippen molar-refractivity contribution in [1.29, 1.82) is 0 Å². The molecular weight excluding hydrogens is 348 g/mol. The molecule has 0 fully saturated rings. The minimum Gasteiger partial charge on any atom is -0.454 e. The molecule has 3 rings (SSSR count). The molecule has 1 heterocycles. The molecule has 1 amide bonds. The second kappa shape index (κ2) is 6.19. The lowest BCUT2D eigenvalue weighted by Crippen LogP contribution is -2.19. The second-order valence-corrected chi connectivity index (χ2v) is 5.54. The van der Waals surface area contributed by atoms with Gasteiger partial charge in [-0.15, -0.1) is 0 Å². The van der Waals surface area contributed by atoms with E-state index in [0.717, 1.165) is 10.0 Å². The summed E-state index contributed by atoms with van der Waals surface area (Å²) < 4.78 is 11.4. The Morgan fingerprint density at radius 3 is 2.77 bits per heavy atom. The number of amides is 1. The van der Waals surface area contributed by atoms with Crippen LogP contribution in [0.25, 0.3) is 0 Å². The summed E-state index contributed by atoms with van der Waals surface area (Å²) in [6.45, 7) is 2.01. The molecule has 1 N–H and O–H groups in total. The highest BCUT2D eigenvalue weighted by molar-refractivity contribution is 9.10. The van der Waals surface area contributed by atoms with Crippen molar-refractivity contribution in [2.24, 2.45) is 5.10 Å². The van der Waals surface area contributed by atoms with Crippen molar-refractivity contribution in [1.82, 2.24) is 5.43 Å². The molecule has 0 aromatic heterocycles. The number of carbonyl (C=O) groups is 1. The number of hydrogen-bond donors (Lipinski definition) is 1. The van der Waals surface area contributed by atoms with E-state index >= 15 is 0 Å². The van der Waals surface area contributed by atoms with E-state index in [1.807, 2.05) is 31.2 Å². The van der Waals surface area contributed by atoms with Crippen molar-refractivity contribution in [3.8, 4) is 11.5 Å². The molecule has 0 bridgehead atoms. The van der Waals surface area contributed by atoms with Crippen LogP contribution in [0.15, 0.2) is 52.0 Å². The fourth-order valence-corrected chi connectivity index (χ4v) is 2.62. The molecular formula is C16H13BrN2O3. The lowest BCUT2D eigenvalue weighted by molar-refractivity contribution is 0.0954. The average Bonchev–Trinajstić information content (AvgIpc) is 3.00. The van der Waals surface area contributed by atoms with Crippen LogP contribution in [0, 0.1) is 0 Å². The van der Waals surface area contributed by atoms with Gasteiger partial charge in [0.2, 0.25) is 6.79 Å². The first-order valence-corrected chi connectivity index (χ1v) is 7.43. The van der Waals surface area contributed by atoms with Gasteiger partial charge in [0.15, 0.2) is 11.5 Å². The number of hydrazone groups is 1. The molecule has 1 aliphatic heterocycles. The standard InChI is InChI=1S/C16H13BrN2O3/c1-10(12-4-2-3-5-13(12)17)18-19-16(20)11-6-7-14-15(8-11)22-9-21-14/h2-8H,9H2,1H3,(H,19,20)/b18-10-. The van der Waals surface area contributed by atoms with Gasteiger partial charge in [-0.2, -0.15) is 5.10 Å². The van der Waals surface area contributed by atoms with Gasteiger partial charge in [-0.05, 0) is 31.2 Å². The number of carbonyl (C=O) groups excluding carboxylic acids is 1. The maximum Gasteiger partial charge on any atom is 0.271 e. The van der Waals surface area contributed by atoms with Crippen LogP contribution in [-0.2, 0) is 0 Å². The zero-order valence-corrected chi connectivity index (χ0v) is 13.4. The summed E-state index contributed by atoms with van der Waals surface area (Å²) in [6, 6.07) is 12.7. The minimum atomic E-state index is -0.301. The van der Waals surface area contributed by atoms with Crippen LogP contribution in [-0.4, -0.2) is 18.4 Å². The topological polar surface area (TPSA) is 59.9 Å². The zero-order valence-electron chi connectivity index (χ0n) is 11.8. The molecule has 0 aliphatic carbocycles. The van der Waals surface area contributed by atoms with Crippen molar-refractivity contribution < 1.29 is 14.3 Å².